The summed E-state index contributed by atoms with van der Waals surface area (Å²) in [5.74, 6) is -0.467. The summed E-state index contributed by atoms with van der Waals surface area (Å²) in [7, 11) is 1.52. The van der Waals surface area contributed by atoms with Crippen LogP contribution in [0.1, 0.15) is 46.4 Å². The van der Waals surface area contributed by atoms with Crippen LogP contribution < -0.4 is 16.0 Å². The summed E-state index contributed by atoms with van der Waals surface area (Å²) < 4.78 is 16.8. The molecule has 4 N–H and O–H groups in total. The van der Waals surface area contributed by atoms with Crippen LogP contribution in [0.15, 0.2) is 48.8 Å². The molecule has 2 aliphatic carbocycles. The minimum atomic E-state index is -0.682. The first kappa shape index (κ1) is 21.5. The lowest BCUT2D eigenvalue weighted by molar-refractivity contribution is 0.0962. The molecule has 2 atom stereocenters. The maximum absolute atomic E-state index is 14.9. The summed E-state index contributed by atoms with van der Waals surface area (Å²) in [5.41, 5.74) is 3.25. The molecule has 2 heterocycles. The van der Waals surface area contributed by atoms with E-state index in [9.17, 15) is 14.3 Å². The zero-order valence-corrected chi connectivity index (χ0v) is 19.0. The lowest BCUT2D eigenvalue weighted by atomic mass is 10.1. The smallest absolute Gasteiger partial charge is 0.256 e. The minimum absolute atomic E-state index is 0.122. The van der Waals surface area contributed by atoms with E-state index in [-0.39, 0.29) is 28.9 Å². The monoisotopic (exact) mass is 473 g/mol. The average molecular weight is 474 g/mol. The number of nitrogens with one attached hydrogen (secondary N) is 3. The molecular weight excluding hydrogens is 449 g/mol. The summed E-state index contributed by atoms with van der Waals surface area (Å²) in [4.78, 5) is 21.2. The largest absolute Gasteiger partial charge is 0.390 e. The lowest BCUT2D eigenvalue weighted by Crippen LogP contribution is -2.26. The van der Waals surface area contributed by atoms with Crippen molar-refractivity contribution < 1.29 is 14.3 Å². The van der Waals surface area contributed by atoms with Crippen LogP contribution in [0.4, 0.5) is 21.8 Å². The number of aliphatic hydroxyl groups is 1. The van der Waals surface area contributed by atoms with Crippen LogP contribution in [-0.4, -0.2) is 43.9 Å². The molecule has 1 saturated carbocycles. The van der Waals surface area contributed by atoms with Crippen molar-refractivity contribution in [3.05, 3.63) is 71.3 Å². The number of aliphatic hydroxyl groups excluding tert-OH is 1. The molecule has 0 bridgehead atoms. The van der Waals surface area contributed by atoms with Crippen molar-refractivity contribution in [3.8, 4) is 0 Å². The summed E-state index contributed by atoms with van der Waals surface area (Å²) >= 11 is 0. The zero-order chi connectivity index (χ0) is 24.1. The Morgan fingerprint density at radius 1 is 1.20 bits per heavy atom. The fraction of sp³-hybridized carbons (Fsp3) is 0.280. The molecule has 2 aromatic heterocycles. The van der Waals surface area contributed by atoms with Gasteiger partial charge in [0.25, 0.3) is 5.91 Å². The Morgan fingerprint density at radius 3 is 2.83 bits per heavy atom. The highest BCUT2D eigenvalue weighted by molar-refractivity contribution is 5.98. The Kier molecular flexibility index (Phi) is 5.10. The molecule has 0 radical (unpaired) electrons. The van der Waals surface area contributed by atoms with E-state index in [0.29, 0.717) is 12.5 Å². The van der Waals surface area contributed by atoms with E-state index in [2.05, 4.69) is 31.0 Å². The average Bonchev–Trinajstić information content (AvgIpc) is 3.55. The quantitative estimate of drug-likeness (QED) is 0.339. The van der Waals surface area contributed by atoms with E-state index >= 15 is 0 Å². The summed E-state index contributed by atoms with van der Waals surface area (Å²) in [5, 5.41) is 24.6. The summed E-state index contributed by atoms with van der Waals surface area (Å²) in [6.07, 6.45) is 4.99. The molecule has 0 saturated heterocycles. The molecule has 178 valence electrons. The molecule has 9 nitrogen and oxygen atoms in total. The topological polar surface area (TPSA) is 117 Å². The third kappa shape index (κ3) is 3.85. The van der Waals surface area contributed by atoms with Gasteiger partial charge in [0.2, 0.25) is 5.95 Å². The Morgan fingerprint density at radius 2 is 2.03 bits per heavy atom. The third-order valence-corrected chi connectivity index (χ3v) is 6.58. The van der Waals surface area contributed by atoms with Crippen molar-refractivity contribution in [2.24, 2.45) is 0 Å². The number of benzene rings is 2. The number of rotatable bonds is 6. The number of amides is 1. The van der Waals surface area contributed by atoms with Crippen LogP contribution in [-0.2, 0) is 6.42 Å². The number of carbonyl (C=O) groups excluding carboxylic acids is 1. The molecule has 1 fully saturated rings. The maximum Gasteiger partial charge on any atom is 0.256 e. The van der Waals surface area contributed by atoms with Gasteiger partial charge in [-0.25, -0.2) is 9.37 Å². The Hall–Kier alpha value is -4.05. The molecule has 6 rings (SSSR count). The zero-order valence-electron chi connectivity index (χ0n) is 19.0. The van der Waals surface area contributed by atoms with Crippen LogP contribution >= 0.6 is 0 Å². The summed E-state index contributed by atoms with van der Waals surface area (Å²) in [6.45, 7) is 0. The van der Waals surface area contributed by atoms with Crippen LogP contribution in [0.2, 0.25) is 0 Å². The highest BCUT2D eigenvalue weighted by Crippen LogP contribution is 2.38. The lowest BCUT2D eigenvalue weighted by Gasteiger charge is -2.20. The predicted octanol–water partition coefficient (Wildman–Crippen LogP) is 3.47. The van der Waals surface area contributed by atoms with Gasteiger partial charge in [-0.1, -0.05) is 24.3 Å². The van der Waals surface area contributed by atoms with E-state index < -0.39 is 18.0 Å². The van der Waals surface area contributed by atoms with E-state index in [1.807, 2.05) is 28.9 Å². The predicted molar refractivity (Wildman–Crippen MR) is 129 cm³/mol. The van der Waals surface area contributed by atoms with Crippen LogP contribution in [0, 0.1) is 5.82 Å². The number of halogens is 1. The van der Waals surface area contributed by atoms with Crippen molar-refractivity contribution >= 4 is 34.3 Å². The van der Waals surface area contributed by atoms with Crippen molar-refractivity contribution in [2.45, 2.75) is 37.5 Å². The van der Waals surface area contributed by atoms with Gasteiger partial charge in [-0.2, -0.15) is 10.1 Å². The highest BCUT2D eigenvalue weighted by atomic mass is 19.1. The van der Waals surface area contributed by atoms with Gasteiger partial charge in [0.15, 0.2) is 0 Å². The maximum atomic E-state index is 14.9. The van der Waals surface area contributed by atoms with E-state index in [4.69, 9.17) is 0 Å². The molecular formula is C25H24FN7O2. The van der Waals surface area contributed by atoms with E-state index in [0.717, 1.165) is 34.9 Å². The Labute approximate surface area is 200 Å². The number of anilines is 3. The SMILES string of the molecule is CNC(=O)c1cnc(Nc2cc3c(cnn3C3CC3)cc2F)nc1N[C@H]1c2ccccc2C[C@H]1O. The molecule has 2 aliphatic rings. The molecule has 10 heteroatoms. The van der Waals surface area contributed by atoms with E-state index in [1.165, 1.54) is 19.3 Å². The molecule has 1 amide bonds. The van der Waals surface area contributed by atoms with Gasteiger partial charge in [-0.15, -0.1) is 0 Å². The van der Waals surface area contributed by atoms with Crippen LogP contribution in [0.5, 0.6) is 0 Å². The normalized spacial score (nSPS) is 18.9. The van der Waals surface area contributed by atoms with E-state index in [1.54, 1.807) is 12.3 Å². The second kappa shape index (κ2) is 8.31. The standard InChI is InChI=1S/C25H24FN7O2/c1-27-24(35)17-12-28-25(32-23(17)31-22-16-5-3-2-4-13(16)9-21(22)34)30-19-10-20-14(8-18(19)26)11-29-33(20)15-6-7-15/h2-5,8,10-12,15,21-22,34H,6-7,9H2,1H3,(H,27,35)(H2,28,30,31,32)/t21-,22+/m1/s1. The number of hydrogen-bond donors (Lipinski definition) is 4. The van der Waals surface area contributed by atoms with Crippen molar-refractivity contribution in [2.75, 3.05) is 17.7 Å². The number of nitrogens with zero attached hydrogens (tertiary/aromatic N) is 4. The summed E-state index contributed by atoms with van der Waals surface area (Å²) in [6, 6.07) is 10.8. The van der Waals surface area contributed by atoms with Crippen molar-refractivity contribution in [3.63, 3.8) is 0 Å². The molecule has 0 aliphatic heterocycles. The first-order valence-corrected chi connectivity index (χ1v) is 11.6. The molecule has 2 aromatic carbocycles. The second-order valence-corrected chi connectivity index (χ2v) is 8.96. The van der Waals surface area contributed by atoms with Gasteiger partial charge in [0.05, 0.1) is 35.6 Å². The molecule has 35 heavy (non-hydrogen) atoms. The van der Waals surface area contributed by atoms with Crippen molar-refractivity contribution in [1.29, 1.82) is 0 Å². The first-order valence-electron chi connectivity index (χ1n) is 11.6. The van der Waals surface area contributed by atoms with Gasteiger partial charge < -0.3 is 21.1 Å². The van der Waals surface area contributed by atoms with Gasteiger partial charge in [-0.3, -0.25) is 9.48 Å². The highest BCUT2D eigenvalue weighted by Gasteiger charge is 2.32. The van der Waals surface area contributed by atoms with Gasteiger partial charge in [0, 0.05) is 25.1 Å². The van der Waals surface area contributed by atoms with Gasteiger partial charge in [0.1, 0.15) is 17.2 Å². The molecule has 0 unspecified atom stereocenters. The Bertz CT molecular complexity index is 1450. The third-order valence-electron chi connectivity index (χ3n) is 6.58. The van der Waals surface area contributed by atoms with Gasteiger partial charge in [-0.05, 0) is 36.1 Å². The number of aromatic nitrogens is 4. The van der Waals surface area contributed by atoms with Crippen LogP contribution in [0.3, 0.4) is 0 Å². The number of carbonyl (C=O) groups is 1. The second-order valence-electron chi connectivity index (χ2n) is 8.96. The minimum Gasteiger partial charge on any atom is -0.390 e. The Balaban J connectivity index is 1.35. The fourth-order valence-corrected chi connectivity index (χ4v) is 4.64. The molecule has 0 spiro atoms. The number of fused-ring (bicyclic) bond motifs is 2. The fourth-order valence-electron chi connectivity index (χ4n) is 4.64. The number of hydrogen-bond acceptors (Lipinski definition) is 7. The van der Waals surface area contributed by atoms with Crippen molar-refractivity contribution in [1.82, 2.24) is 25.1 Å². The molecule has 4 aromatic rings. The van der Waals surface area contributed by atoms with Crippen LogP contribution in [0.25, 0.3) is 10.9 Å². The first-order chi connectivity index (χ1) is 17.0. The van der Waals surface area contributed by atoms with Gasteiger partial charge >= 0.3 is 0 Å².